The van der Waals surface area contributed by atoms with E-state index in [-0.39, 0.29) is 15.5 Å². The van der Waals surface area contributed by atoms with Gasteiger partial charge in [-0.1, -0.05) is 88.1 Å². The minimum absolute atomic E-state index is 0.115. The van der Waals surface area contributed by atoms with Crippen LogP contribution in [0, 0.1) is 22.5 Å². The molecule has 0 radical (unpaired) electrons. The van der Waals surface area contributed by atoms with E-state index in [1.807, 2.05) is 6.92 Å². The van der Waals surface area contributed by atoms with E-state index in [9.17, 15) is 0 Å². The van der Waals surface area contributed by atoms with Crippen LogP contribution in [0.3, 0.4) is 0 Å². The van der Waals surface area contributed by atoms with Crippen molar-refractivity contribution in [3.63, 3.8) is 0 Å². The van der Waals surface area contributed by atoms with Crippen molar-refractivity contribution in [3.05, 3.63) is 70.8 Å². The van der Waals surface area contributed by atoms with Crippen molar-refractivity contribution < 1.29 is 0 Å². The Kier molecular flexibility index (Phi) is 6.87. The number of nitrogens with zero attached hydrogens (tertiary/aromatic N) is 1. The summed E-state index contributed by atoms with van der Waals surface area (Å²) in [6, 6.07) is 16.9. The predicted molar refractivity (Wildman–Crippen MR) is 133 cm³/mol. The lowest BCUT2D eigenvalue weighted by molar-refractivity contribution is 0.587. The molecule has 0 heterocycles. The lowest BCUT2D eigenvalue weighted by atomic mass is 9.78. The van der Waals surface area contributed by atoms with E-state index in [2.05, 4.69) is 115 Å². The standard InChI is InChI=1S/C26H33BN2S/c1-23(2,3)19-8-12-21(13-9-19)25(6,29)17-16-24(4,5)20-10-14-22(15-11-20)26(7,27)30-18-28/h8-15H,27,29H2,1-7H3. The van der Waals surface area contributed by atoms with Crippen LogP contribution in [0.4, 0.5) is 0 Å². The number of thioether (sulfide) groups is 1. The monoisotopic (exact) mass is 416 g/mol. The maximum atomic E-state index is 9.02. The van der Waals surface area contributed by atoms with E-state index < -0.39 is 5.54 Å². The first-order valence-electron chi connectivity index (χ1n) is 10.3. The Labute approximate surface area is 188 Å². The van der Waals surface area contributed by atoms with Crippen molar-refractivity contribution in [1.82, 2.24) is 0 Å². The highest BCUT2D eigenvalue weighted by molar-refractivity contribution is 8.05. The average Bonchev–Trinajstić information content (AvgIpc) is 2.66. The van der Waals surface area contributed by atoms with E-state index in [0.717, 1.165) is 16.7 Å². The molecular formula is C26H33BN2S. The maximum absolute atomic E-state index is 9.02. The summed E-state index contributed by atoms with van der Waals surface area (Å²) in [5, 5.41) is 11.2. The number of hydrogen-bond donors (Lipinski definition) is 1. The van der Waals surface area contributed by atoms with E-state index in [1.54, 1.807) is 0 Å². The molecule has 0 aliphatic carbocycles. The zero-order valence-corrected chi connectivity index (χ0v) is 20.4. The molecule has 0 saturated heterocycles. The second-order valence-electron chi connectivity index (χ2n) is 10.2. The molecule has 0 amide bonds. The van der Waals surface area contributed by atoms with Gasteiger partial charge in [0, 0.05) is 4.65 Å². The van der Waals surface area contributed by atoms with Gasteiger partial charge in [0.25, 0.3) is 0 Å². The Morgan fingerprint density at radius 2 is 1.17 bits per heavy atom. The summed E-state index contributed by atoms with van der Waals surface area (Å²) < 4.78 is -0.238. The molecule has 2 aromatic carbocycles. The fourth-order valence-corrected chi connectivity index (χ4v) is 3.69. The first kappa shape index (κ1) is 24.1. The number of benzene rings is 2. The molecule has 30 heavy (non-hydrogen) atoms. The van der Waals surface area contributed by atoms with Gasteiger partial charge in [-0.15, -0.1) is 0 Å². The predicted octanol–water partition coefficient (Wildman–Crippen LogP) is 5.16. The van der Waals surface area contributed by atoms with Crippen LogP contribution in [0.25, 0.3) is 0 Å². The van der Waals surface area contributed by atoms with Gasteiger partial charge in [-0.25, -0.2) is 0 Å². The van der Waals surface area contributed by atoms with Crippen LogP contribution in [0.5, 0.6) is 0 Å². The zero-order chi connectivity index (χ0) is 22.8. The third kappa shape index (κ3) is 5.72. The van der Waals surface area contributed by atoms with Gasteiger partial charge in [-0.2, -0.15) is 5.26 Å². The molecule has 0 aliphatic rings. The Balaban J connectivity index is 2.27. The average molecular weight is 416 g/mol. The smallest absolute Gasteiger partial charge is 0.133 e. The number of rotatable bonds is 4. The Bertz CT molecular complexity index is 977. The molecule has 0 bridgehead atoms. The molecule has 4 heteroatoms. The Morgan fingerprint density at radius 1 is 0.733 bits per heavy atom. The van der Waals surface area contributed by atoms with Gasteiger partial charge in [-0.05, 0) is 60.2 Å². The summed E-state index contributed by atoms with van der Waals surface area (Å²) in [6.07, 6.45) is 0. The molecule has 0 spiro atoms. The summed E-state index contributed by atoms with van der Waals surface area (Å²) in [5.41, 5.74) is 10.2. The van der Waals surface area contributed by atoms with Gasteiger partial charge < -0.3 is 5.73 Å². The minimum Gasteiger partial charge on any atom is -0.312 e. The largest absolute Gasteiger partial charge is 0.312 e. The second-order valence-corrected chi connectivity index (χ2v) is 11.6. The van der Waals surface area contributed by atoms with E-state index >= 15 is 0 Å². The molecule has 156 valence electrons. The minimum atomic E-state index is -0.723. The summed E-state index contributed by atoms with van der Waals surface area (Å²) in [6.45, 7) is 14.9. The molecular weight excluding hydrogens is 383 g/mol. The Morgan fingerprint density at radius 3 is 1.63 bits per heavy atom. The van der Waals surface area contributed by atoms with E-state index in [1.165, 1.54) is 17.3 Å². The second kappa shape index (κ2) is 8.54. The zero-order valence-electron chi connectivity index (χ0n) is 19.6. The van der Waals surface area contributed by atoms with Gasteiger partial charge in [0.1, 0.15) is 18.8 Å². The van der Waals surface area contributed by atoms with Crippen LogP contribution in [-0.4, -0.2) is 7.85 Å². The number of nitriles is 1. The molecule has 2 aromatic rings. The third-order valence-corrected chi connectivity index (χ3v) is 6.43. The van der Waals surface area contributed by atoms with Crippen LogP contribution in [-0.2, 0) is 21.0 Å². The van der Waals surface area contributed by atoms with Crippen molar-refractivity contribution in [2.45, 2.75) is 69.5 Å². The number of nitrogens with two attached hydrogens (primary N) is 1. The molecule has 2 nitrogen and oxygen atoms in total. The summed E-state index contributed by atoms with van der Waals surface area (Å²) in [4.78, 5) is 0. The summed E-state index contributed by atoms with van der Waals surface area (Å²) >= 11 is 1.27. The van der Waals surface area contributed by atoms with Crippen molar-refractivity contribution in [1.29, 1.82) is 5.26 Å². The first-order chi connectivity index (χ1) is 13.7. The molecule has 0 aromatic heterocycles. The molecule has 0 fully saturated rings. The van der Waals surface area contributed by atoms with Gasteiger partial charge in [-0.3, -0.25) is 0 Å². The maximum Gasteiger partial charge on any atom is 0.133 e. The molecule has 2 atom stereocenters. The first-order valence-corrected chi connectivity index (χ1v) is 11.1. The van der Waals surface area contributed by atoms with Crippen molar-refractivity contribution in [2.24, 2.45) is 5.73 Å². The van der Waals surface area contributed by atoms with Crippen molar-refractivity contribution in [3.8, 4) is 17.2 Å². The third-order valence-electron chi connectivity index (χ3n) is 5.59. The van der Waals surface area contributed by atoms with Crippen LogP contribution >= 0.6 is 11.8 Å². The highest BCUT2D eigenvalue weighted by Gasteiger charge is 2.25. The van der Waals surface area contributed by atoms with Gasteiger partial charge in [0.15, 0.2) is 0 Å². The molecule has 2 N–H and O–H groups in total. The van der Waals surface area contributed by atoms with Crippen molar-refractivity contribution in [2.75, 3.05) is 0 Å². The summed E-state index contributed by atoms with van der Waals surface area (Å²) in [7, 11) is 2.06. The van der Waals surface area contributed by atoms with Crippen LogP contribution in [0.2, 0.25) is 0 Å². The molecule has 0 aliphatic heterocycles. The highest BCUT2D eigenvalue weighted by atomic mass is 32.2. The van der Waals surface area contributed by atoms with Crippen LogP contribution in [0.15, 0.2) is 48.5 Å². The van der Waals surface area contributed by atoms with E-state index in [4.69, 9.17) is 11.0 Å². The van der Waals surface area contributed by atoms with Gasteiger partial charge in [0.05, 0.1) is 5.41 Å². The fourth-order valence-electron chi connectivity index (χ4n) is 3.21. The number of thiocyanates is 1. The molecule has 2 rings (SSSR count). The Hall–Kier alpha value is -2.14. The molecule has 2 unspecified atom stereocenters. The summed E-state index contributed by atoms with van der Waals surface area (Å²) in [5.74, 6) is 6.73. The fraction of sp³-hybridized carbons (Fsp3) is 0.423. The topological polar surface area (TPSA) is 49.8 Å². The van der Waals surface area contributed by atoms with Crippen LogP contribution < -0.4 is 5.73 Å². The van der Waals surface area contributed by atoms with Gasteiger partial charge >= 0.3 is 0 Å². The normalized spacial score (nSPS) is 15.8. The highest BCUT2D eigenvalue weighted by Crippen LogP contribution is 2.33. The van der Waals surface area contributed by atoms with E-state index in [0.29, 0.717) is 0 Å². The lowest BCUT2D eigenvalue weighted by Gasteiger charge is -2.25. The SMILES string of the molecule is BC(C)(SC#N)c1ccc(C(C)(C)C#CC(C)(N)c2ccc(C(C)(C)C)cc2)cc1. The quantitative estimate of drug-likeness (QED) is 0.426. The lowest BCUT2D eigenvalue weighted by Crippen LogP contribution is -2.32. The molecule has 0 saturated carbocycles. The number of hydrogen-bond acceptors (Lipinski definition) is 3. The van der Waals surface area contributed by atoms with Crippen LogP contribution in [0.1, 0.15) is 70.7 Å². The van der Waals surface area contributed by atoms with Crippen molar-refractivity contribution >= 4 is 19.6 Å². The van der Waals surface area contributed by atoms with Gasteiger partial charge in [0.2, 0.25) is 0 Å².